The Balaban J connectivity index is 2.42. The Morgan fingerprint density at radius 1 is 1.35 bits per heavy atom. The molecule has 0 unspecified atom stereocenters. The van der Waals surface area contributed by atoms with Crippen LogP contribution in [0.1, 0.15) is 19.4 Å². The van der Waals surface area contributed by atoms with Gasteiger partial charge >= 0.3 is 0 Å². The lowest BCUT2D eigenvalue weighted by Gasteiger charge is -2.14. The van der Waals surface area contributed by atoms with E-state index >= 15 is 0 Å². The maximum Gasteiger partial charge on any atom is 0.207 e. The van der Waals surface area contributed by atoms with Gasteiger partial charge in [0.25, 0.3) is 0 Å². The van der Waals surface area contributed by atoms with Gasteiger partial charge in [-0.15, -0.1) is 0 Å². The summed E-state index contributed by atoms with van der Waals surface area (Å²) in [6, 6.07) is 6.61. The lowest BCUT2D eigenvalue weighted by Crippen LogP contribution is -2.14. The fourth-order valence-electron chi connectivity index (χ4n) is 1.75. The van der Waals surface area contributed by atoms with Crippen molar-refractivity contribution in [3.05, 3.63) is 40.6 Å². The van der Waals surface area contributed by atoms with Crippen LogP contribution in [0, 0.1) is 6.92 Å². The molecule has 90 valence electrons. The van der Waals surface area contributed by atoms with Crippen LogP contribution < -0.4 is 5.32 Å². The van der Waals surface area contributed by atoms with E-state index in [4.69, 9.17) is 0 Å². The molecule has 17 heavy (non-hydrogen) atoms. The molecule has 0 amide bonds. The maximum absolute atomic E-state index is 4.34. The van der Waals surface area contributed by atoms with E-state index in [1.807, 2.05) is 18.5 Å². The molecule has 0 fully saturated rings. The Morgan fingerprint density at radius 2 is 2.12 bits per heavy atom. The number of benzene rings is 1. The average molecular weight is 294 g/mol. The summed E-state index contributed by atoms with van der Waals surface area (Å²) < 4.78 is 3.17. The summed E-state index contributed by atoms with van der Waals surface area (Å²) in [5.41, 5.74) is 2.36. The van der Waals surface area contributed by atoms with Crippen LogP contribution in [0.4, 0.5) is 5.95 Å². The van der Waals surface area contributed by atoms with Crippen molar-refractivity contribution >= 4 is 21.9 Å². The molecule has 0 saturated carbocycles. The van der Waals surface area contributed by atoms with Crippen LogP contribution in [0.3, 0.4) is 0 Å². The van der Waals surface area contributed by atoms with E-state index in [-0.39, 0.29) is 0 Å². The zero-order valence-corrected chi connectivity index (χ0v) is 11.8. The molecule has 0 atom stereocenters. The highest BCUT2D eigenvalue weighted by atomic mass is 79.9. The third kappa shape index (κ3) is 2.69. The van der Waals surface area contributed by atoms with Crippen molar-refractivity contribution in [1.82, 2.24) is 9.55 Å². The topological polar surface area (TPSA) is 29.9 Å². The SMILES string of the molecule is Cc1cc(Br)ccc1-n1ccnc1NC(C)C. The number of aryl methyl sites for hydroxylation is 1. The van der Waals surface area contributed by atoms with Crippen molar-refractivity contribution in [2.24, 2.45) is 0 Å². The van der Waals surface area contributed by atoms with Crippen molar-refractivity contribution in [2.45, 2.75) is 26.8 Å². The molecular formula is C13H16BrN3. The molecule has 0 aliphatic heterocycles. The Bertz CT molecular complexity index is 517. The lowest BCUT2D eigenvalue weighted by atomic mass is 10.2. The summed E-state index contributed by atoms with van der Waals surface area (Å²) in [6.07, 6.45) is 3.78. The summed E-state index contributed by atoms with van der Waals surface area (Å²) in [4.78, 5) is 4.34. The van der Waals surface area contributed by atoms with Crippen LogP contribution in [0.15, 0.2) is 35.1 Å². The molecule has 0 aliphatic carbocycles. The first-order chi connectivity index (χ1) is 8.08. The van der Waals surface area contributed by atoms with E-state index < -0.39 is 0 Å². The number of halogens is 1. The zero-order valence-electron chi connectivity index (χ0n) is 10.2. The van der Waals surface area contributed by atoms with E-state index in [0.29, 0.717) is 6.04 Å². The highest BCUT2D eigenvalue weighted by Gasteiger charge is 2.08. The fourth-order valence-corrected chi connectivity index (χ4v) is 2.23. The number of nitrogens with one attached hydrogen (secondary N) is 1. The molecule has 2 rings (SSSR count). The van der Waals surface area contributed by atoms with Crippen LogP contribution in [0.2, 0.25) is 0 Å². The van der Waals surface area contributed by atoms with E-state index in [0.717, 1.165) is 16.1 Å². The van der Waals surface area contributed by atoms with Gasteiger partial charge in [0.05, 0.1) is 5.69 Å². The van der Waals surface area contributed by atoms with Gasteiger partial charge in [-0.2, -0.15) is 0 Å². The minimum atomic E-state index is 0.368. The van der Waals surface area contributed by atoms with Gasteiger partial charge in [-0.05, 0) is 44.5 Å². The predicted octanol–water partition coefficient (Wildman–Crippen LogP) is 3.76. The Labute approximate surface area is 110 Å². The van der Waals surface area contributed by atoms with Crippen LogP contribution >= 0.6 is 15.9 Å². The second kappa shape index (κ2) is 4.92. The number of imidazole rings is 1. The van der Waals surface area contributed by atoms with Crippen LogP contribution in [-0.2, 0) is 0 Å². The first kappa shape index (κ1) is 12.2. The van der Waals surface area contributed by atoms with Crippen molar-refractivity contribution in [1.29, 1.82) is 0 Å². The second-order valence-electron chi connectivity index (χ2n) is 4.35. The Morgan fingerprint density at radius 3 is 2.76 bits per heavy atom. The summed E-state index contributed by atoms with van der Waals surface area (Å²) in [6.45, 7) is 6.31. The smallest absolute Gasteiger partial charge is 0.207 e. The van der Waals surface area contributed by atoms with E-state index in [2.05, 4.69) is 63.7 Å². The molecule has 1 heterocycles. The zero-order chi connectivity index (χ0) is 12.4. The highest BCUT2D eigenvalue weighted by molar-refractivity contribution is 9.10. The van der Waals surface area contributed by atoms with Gasteiger partial charge in [0, 0.05) is 22.9 Å². The summed E-state index contributed by atoms with van der Waals surface area (Å²) in [5, 5.41) is 3.33. The van der Waals surface area contributed by atoms with Crippen molar-refractivity contribution < 1.29 is 0 Å². The van der Waals surface area contributed by atoms with Crippen LogP contribution in [-0.4, -0.2) is 15.6 Å². The monoisotopic (exact) mass is 293 g/mol. The van der Waals surface area contributed by atoms with Gasteiger partial charge in [-0.3, -0.25) is 4.57 Å². The third-order valence-corrected chi connectivity index (χ3v) is 2.97. The maximum atomic E-state index is 4.34. The van der Waals surface area contributed by atoms with Gasteiger partial charge in [0.2, 0.25) is 5.95 Å². The quantitative estimate of drug-likeness (QED) is 0.934. The second-order valence-corrected chi connectivity index (χ2v) is 5.27. The van der Waals surface area contributed by atoms with Crippen molar-refractivity contribution in [3.63, 3.8) is 0 Å². The molecule has 0 spiro atoms. The molecule has 1 aromatic heterocycles. The number of hydrogen-bond acceptors (Lipinski definition) is 2. The predicted molar refractivity (Wildman–Crippen MR) is 74.8 cm³/mol. The molecule has 2 aromatic rings. The van der Waals surface area contributed by atoms with Gasteiger partial charge in [-0.1, -0.05) is 15.9 Å². The largest absolute Gasteiger partial charge is 0.353 e. The van der Waals surface area contributed by atoms with Crippen LogP contribution in [0.25, 0.3) is 5.69 Å². The van der Waals surface area contributed by atoms with Crippen LogP contribution in [0.5, 0.6) is 0 Å². The molecule has 0 bridgehead atoms. The molecule has 4 heteroatoms. The molecule has 0 aliphatic rings. The minimum Gasteiger partial charge on any atom is -0.353 e. The molecule has 0 radical (unpaired) electrons. The molecule has 3 nitrogen and oxygen atoms in total. The number of nitrogens with zero attached hydrogens (tertiary/aromatic N) is 2. The van der Waals surface area contributed by atoms with Gasteiger partial charge in [0.15, 0.2) is 0 Å². The Hall–Kier alpha value is -1.29. The number of hydrogen-bond donors (Lipinski definition) is 1. The summed E-state index contributed by atoms with van der Waals surface area (Å²) in [5.74, 6) is 0.880. The fraction of sp³-hybridized carbons (Fsp3) is 0.308. The summed E-state index contributed by atoms with van der Waals surface area (Å²) >= 11 is 3.48. The van der Waals surface area contributed by atoms with E-state index in [9.17, 15) is 0 Å². The number of aromatic nitrogens is 2. The van der Waals surface area contributed by atoms with Gasteiger partial charge in [0.1, 0.15) is 0 Å². The van der Waals surface area contributed by atoms with Gasteiger partial charge in [-0.25, -0.2) is 4.98 Å². The van der Waals surface area contributed by atoms with Crippen molar-refractivity contribution in [2.75, 3.05) is 5.32 Å². The minimum absolute atomic E-state index is 0.368. The first-order valence-electron chi connectivity index (χ1n) is 5.64. The number of anilines is 1. The lowest BCUT2D eigenvalue weighted by molar-refractivity contribution is 0.863. The summed E-state index contributed by atoms with van der Waals surface area (Å²) in [7, 11) is 0. The first-order valence-corrected chi connectivity index (χ1v) is 6.43. The molecular weight excluding hydrogens is 278 g/mol. The molecule has 0 saturated heterocycles. The molecule has 1 N–H and O–H groups in total. The molecule has 1 aromatic carbocycles. The number of rotatable bonds is 3. The van der Waals surface area contributed by atoms with Crippen molar-refractivity contribution in [3.8, 4) is 5.69 Å². The van der Waals surface area contributed by atoms with E-state index in [1.165, 1.54) is 5.56 Å². The highest BCUT2D eigenvalue weighted by Crippen LogP contribution is 2.22. The van der Waals surface area contributed by atoms with Gasteiger partial charge < -0.3 is 5.32 Å². The third-order valence-electron chi connectivity index (χ3n) is 2.48. The Kier molecular flexibility index (Phi) is 3.52. The normalized spacial score (nSPS) is 10.9. The average Bonchev–Trinajstić information content (AvgIpc) is 2.65. The standard InChI is InChI=1S/C13H16BrN3/c1-9(2)16-13-15-6-7-17(13)12-5-4-11(14)8-10(12)3/h4-9H,1-3H3,(H,15,16). The van der Waals surface area contributed by atoms with E-state index in [1.54, 1.807) is 0 Å².